The van der Waals surface area contributed by atoms with Gasteiger partial charge in [0.15, 0.2) is 0 Å². The first-order valence-electron chi connectivity index (χ1n) is 9.88. The summed E-state index contributed by atoms with van der Waals surface area (Å²) in [7, 11) is 0. The Kier molecular flexibility index (Phi) is 8.09. The van der Waals surface area contributed by atoms with E-state index in [1.54, 1.807) is 0 Å². The molecule has 26 heavy (non-hydrogen) atoms. The van der Waals surface area contributed by atoms with Gasteiger partial charge in [0, 0.05) is 52.4 Å². The minimum Gasteiger partial charge on any atom is -0.389 e. The third-order valence-corrected chi connectivity index (χ3v) is 5.29. The van der Waals surface area contributed by atoms with Crippen molar-refractivity contribution in [1.82, 2.24) is 14.7 Å². The molecule has 0 aliphatic carbocycles. The Balaban J connectivity index is 1.27. The molecule has 0 aromatic rings. The van der Waals surface area contributed by atoms with Gasteiger partial charge in [0.1, 0.15) is 0 Å². The Bertz CT molecular complexity index is 419. The third-order valence-electron chi connectivity index (χ3n) is 5.29. The molecule has 3 heterocycles. The van der Waals surface area contributed by atoms with Gasteiger partial charge in [-0.05, 0) is 12.8 Å². The molecule has 2 unspecified atom stereocenters. The SMILES string of the molecule is O=C(CN1CCOCC1)N1CCN(CC(O)COCC2CCCO2)CC1. The van der Waals surface area contributed by atoms with E-state index in [1.807, 2.05) is 4.90 Å². The highest BCUT2D eigenvalue weighted by Gasteiger charge is 2.24. The molecule has 0 radical (unpaired) electrons. The van der Waals surface area contributed by atoms with Crippen molar-refractivity contribution in [1.29, 1.82) is 0 Å². The molecule has 3 aliphatic rings. The van der Waals surface area contributed by atoms with Crippen molar-refractivity contribution < 1.29 is 24.1 Å². The van der Waals surface area contributed by atoms with Crippen LogP contribution in [-0.4, -0.2) is 123 Å². The van der Waals surface area contributed by atoms with E-state index in [9.17, 15) is 9.90 Å². The van der Waals surface area contributed by atoms with Crippen LogP contribution in [0.5, 0.6) is 0 Å². The van der Waals surface area contributed by atoms with Crippen molar-refractivity contribution in [2.45, 2.75) is 25.0 Å². The smallest absolute Gasteiger partial charge is 0.236 e. The Morgan fingerprint density at radius 1 is 1.08 bits per heavy atom. The lowest BCUT2D eigenvalue weighted by molar-refractivity contribution is -0.135. The quantitative estimate of drug-likeness (QED) is 0.588. The Morgan fingerprint density at radius 3 is 2.54 bits per heavy atom. The van der Waals surface area contributed by atoms with Crippen molar-refractivity contribution in [2.24, 2.45) is 0 Å². The maximum atomic E-state index is 12.4. The molecule has 3 saturated heterocycles. The predicted molar refractivity (Wildman–Crippen MR) is 96.1 cm³/mol. The summed E-state index contributed by atoms with van der Waals surface area (Å²) in [6.45, 7) is 8.99. The summed E-state index contributed by atoms with van der Waals surface area (Å²) in [5.41, 5.74) is 0. The normalized spacial score (nSPS) is 27.0. The summed E-state index contributed by atoms with van der Waals surface area (Å²) in [5.74, 6) is 0.201. The number of amides is 1. The molecule has 0 aromatic carbocycles. The number of carbonyl (C=O) groups is 1. The molecule has 0 aromatic heterocycles. The number of carbonyl (C=O) groups excluding carboxylic acids is 1. The zero-order valence-corrected chi connectivity index (χ0v) is 15.7. The van der Waals surface area contributed by atoms with Crippen LogP contribution in [0.25, 0.3) is 0 Å². The molecule has 0 saturated carbocycles. The maximum Gasteiger partial charge on any atom is 0.236 e. The monoisotopic (exact) mass is 371 g/mol. The molecule has 1 amide bonds. The van der Waals surface area contributed by atoms with Gasteiger partial charge in [-0.25, -0.2) is 0 Å². The second kappa shape index (κ2) is 10.5. The summed E-state index contributed by atoms with van der Waals surface area (Å²) < 4.78 is 16.4. The zero-order chi connectivity index (χ0) is 18.2. The Hall–Kier alpha value is -0.770. The van der Waals surface area contributed by atoms with Gasteiger partial charge in [-0.15, -0.1) is 0 Å². The number of rotatable bonds is 8. The fourth-order valence-corrected chi connectivity index (χ4v) is 3.69. The van der Waals surface area contributed by atoms with E-state index < -0.39 is 6.10 Å². The first-order chi connectivity index (χ1) is 12.7. The number of β-amino-alcohol motifs (C(OH)–C–C–N with tert-alkyl or cyclic N) is 1. The second-order valence-electron chi connectivity index (χ2n) is 7.40. The molecular formula is C18H33N3O5. The van der Waals surface area contributed by atoms with Crippen LogP contribution >= 0.6 is 0 Å². The van der Waals surface area contributed by atoms with Crippen LogP contribution in [0.2, 0.25) is 0 Å². The second-order valence-corrected chi connectivity index (χ2v) is 7.40. The molecule has 8 nitrogen and oxygen atoms in total. The fourth-order valence-electron chi connectivity index (χ4n) is 3.69. The molecule has 3 fully saturated rings. The summed E-state index contributed by atoms with van der Waals surface area (Å²) in [6, 6.07) is 0. The van der Waals surface area contributed by atoms with Crippen LogP contribution in [0.3, 0.4) is 0 Å². The molecule has 1 N–H and O–H groups in total. The van der Waals surface area contributed by atoms with Crippen LogP contribution in [0.15, 0.2) is 0 Å². The van der Waals surface area contributed by atoms with Gasteiger partial charge in [0.05, 0.1) is 45.2 Å². The van der Waals surface area contributed by atoms with E-state index in [-0.39, 0.29) is 12.0 Å². The highest BCUT2D eigenvalue weighted by atomic mass is 16.5. The first kappa shape index (κ1) is 20.0. The highest BCUT2D eigenvalue weighted by Crippen LogP contribution is 2.12. The van der Waals surface area contributed by atoms with Crippen molar-refractivity contribution >= 4 is 5.91 Å². The molecule has 3 aliphatic heterocycles. The lowest BCUT2D eigenvalue weighted by Gasteiger charge is -2.37. The number of piperazine rings is 1. The van der Waals surface area contributed by atoms with E-state index >= 15 is 0 Å². The van der Waals surface area contributed by atoms with Crippen molar-refractivity contribution in [3.05, 3.63) is 0 Å². The number of ether oxygens (including phenoxy) is 3. The molecule has 0 spiro atoms. The summed E-state index contributed by atoms with van der Waals surface area (Å²) in [4.78, 5) is 18.7. The fraction of sp³-hybridized carbons (Fsp3) is 0.944. The van der Waals surface area contributed by atoms with E-state index in [4.69, 9.17) is 14.2 Å². The van der Waals surface area contributed by atoms with E-state index in [0.29, 0.717) is 39.5 Å². The van der Waals surface area contributed by atoms with Crippen LogP contribution < -0.4 is 0 Å². The number of nitrogens with zero attached hydrogens (tertiary/aromatic N) is 3. The number of aliphatic hydroxyl groups excluding tert-OH is 1. The number of hydrogen-bond donors (Lipinski definition) is 1. The molecule has 2 atom stereocenters. The molecule has 0 bridgehead atoms. The largest absolute Gasteiger partial charge is 0.389 e. The van der Waals surface area contributed by atoms with Crippen LogP contribution in [0.1, 0.15) is 12.8 Å². The lowest BCUT2D eigenvalue weighted by Crippen LogP contribution is -2.53. The van der Waals surface area contributed by atoms with Gasteiger partial charge in [0.25, 0.3) is 0 Å². The molecule has 3 rings (SSSR count). The van der Waals surface area contributed by atoms with Crippen molar-refractivity contribution in [3.8, 4) is 0 Å². The topological polar surface area (TPSA) is 74.7 Å². The zero-order valence-electron chi connectivity index (χ0n) is 15.7. The minimum absolute atomic E-state index is 0.197. The van der Waals surface area contributed by atoms with Gasteiger partial charge in [-0.3, -0.25) is 14.6 Å². The van der Waals surface area contributed by atoms with E-state index in [0.717, 1.165) is 58.7 Å². The maximum absolute atomic E-state index is 12.4. The van der Waals surface area contributed by atoms with E-state index in [2.05, 4.69) is 9.80 Å². The highest BCUT2D eigenvalue weighted by molar-refractivity contribution is 5.78. The van der Waals surface area contributed by atoms with Gasteiger partial charge in [-0.2, -0.15) is 0 Å². The standard InChI is InChI=1S/C18H33N3O5/c22-16(14-25-15-17-2-1-9-26-17)12-19-3-5-21(6-4-19)18(23)13-20-7-10-24-11-8-20/h16-17,22H,1-15H2. The summed E-state index contributed by atoms with van der Waals surface area (Å²) >= 11 is 0. The van der Waals surface area contributed by atoms with Gasteiger partial charge in [-0.1, -0.05) is 0 Å². The average Bonchev–Trinajstić information content (AvgIpc) is 3.16. The number of hydrogen-bond acceptors (Lipinski definition) is 7. The van der Waals surface area contributed by atoms with Crippen molar-refractivity contribution in [3.63, 3.8) is 0 Å². The number of morpholine rings is 1. The third kappa shape index (κ3) is 6.44. The average molecular weight is 371 g/mol. The summed E-state index contributed by atoms with van der Waals surface area (Å²) in [6.07, 6.45) is 1.86. The Morgan fingerprint density at radius 2 is 1.85 bits per heavy atom. The van der Waals surface area contributed by atoms with Gasteiger partial charge in [0.2, 0.25) is 5.91 Å². The molecule has 8 heteroatoms. The summed E-state index contributed by atoms with van der Waals surface area (Å²) in [5, 5.41) is 10.2. The lowest BCUT2D eigenvalue weighted by atomic mass is 10.2. The number of aliphatic hydroxyl groups is 1. The Labute approximate surface area is 156 Å². The molecule has 150 valence electrons. The predicted octanol–water partition coefficient (Wildman–Crippen LogP) is -0.981. The van der Waals surface area contributed by atoms with E-state index in [1.165, 1.54) is 0 Å². The van der Waals surface area contributed by atoms with Gasteiger partial charge >= 0.3 is 0 Å². The first-order valence-corrected chi connectivity index (χ1v) is 9.88. The minimum atomic E-state index is -0.494. The van der Waals surface area contributed by atoms with Gasteiger partial charge < -0.3 is 24.2 Å². The van der Waals surface area contributed by atoms with Crippen LogP contribution in [-0.2, 0) is 19.0 Å². The van der Waals surface area contributed by atoms with Crippen LogP contribution in [0, 0.1) is 0 Å². The van der Waals surface area contributed by atoms with Crippen molar-refractivity contribution in [2.75, 3.05) is 85.4 Å². The molecular weight excluding hydrogens is 338 g/mol. The van der Waals surface area contributed by atoms with Crippen LogP contribution in [0.4, 0.5) is 0 Å².